The van der Waals surface area contributed by atoms with Crippen LogP contribution in [-0.4, -0.2) is 50.2 Å². The SMILES string of the molecule is Cl.Cl.NC[C@@H]1CN(C(=O)c2ccnc(-n3cncn3)c2)C[C@H]1c1ccccc1. The van der Waals surface area contributed by atoms with Crippen LogP contribution in [0.25, 0.3) is 5.82 Å². The summed E-state index contributed by atoms with van der Waals surface area (Å²) in [7, 11) is 0. The van der Waals surface area contributed by atoms with Crippen molar-refractivity contribution in [3.05, 3.63) is 72.4 Å². The van der Waals surface area contributed by atoms with Gasteiger partial charge in [-0.05, 0) is 30.2 Å². The number of aromatic nitrogens is 4. The molecular formula is C19H22Cl2N6O. The Hall–Kier alpha value is -2.48. The highest BCUT2D eigenvalue weighted by molar-refractivity contribution is 5.94. The molecule has 1 aliphatic heterocycles. The molecule has 2 aromatic heterocycles. The molecule has 1 aromatic carbocycles. The molecule has 0 unspecified atom stereocenters. The molecular weight excluding hydrogens is 399 g/mol. The number of pyridine rings is 1. The van der Waals surface area contributed by atoms with E-state index < -0.39 is 0 Å². The van der Waals surface area contributed by atoms with Crippen LogP contribution in [0, 0.1) is 5.92 Å². The lowest BCUT2D eigenvalue weighted by Crippen LogP contribution is -2.30. The zero-order chi connectivity index (χ0) is 17.9. The van der Waals surface area contributed by atoms with Crippen LogP contribution in [0.2, 0.25) is 0 Å². The molecule has 3 heterocycles. The first kappa shape index (κ1) is 21.8. The number of rotatable bonds is 4. The van der Waals surface area contributed by atoms with Crippen LogP contribution < -0.4 is 5.73 Å². The Morgan fingerprint density at radius 2 is 1.93 bits per heavy atom. The van der Waals surface area contributed by atoms with Crippen molar-refractivity contribution >= 4 is 30.7 Å². The second-order valence-corrected chi connectivity index (χ2v) is 6.47. The van der Waals surface area contributed by atoms with Gasteiger partial charge in [0.2, 0.25) is 0 Å². The molecule has 0 spiro atoms. The van der Waals surface area contributed by atoms with Gasteiger partial charge in [-0.3, -0.25) is 4.79 Å². The van der Waals surface area contributed by atoms with Gasteiger partial charge in [-0.2, -0.15) is 5.10 Å². The Morgan fingerprint density at radius 3 is 2.61 bits per heavy atom. The van der Waals surface area contributed by atoms with Crippen molar-refractivity contribution in [2.24, 2.45) is 11.7 Å². The van der Waals surface area contributed by atoms with E-state index in [0.717, 1.165) is 0 Å². The van der Waals surface area contributed by atoms with Gasteiger partial charge < -0.3 is 10.6 Å². The van der Waals surface area contributed by atoms with Crippen molar-refractivity contribution in [2.45, 2.75) is 5.92 Å². The first-order valence-corrected chi connectivity index (χ1v) is 8.61. The standard InChI is InChI=1S/C19H20N6O.2ClH/c20-9-16-10-24(11-17(16)14-4-2-1-3-5-14)19(26)15-6-7-22-18(8-15)25-13-21-12-23-25;;/h1-8,12-13,16-17H,9-11,20H2;2*1H/t16-,17+;;/m1../s1. The van der Waals surface area contributed by atoms with E-state index in [-0.39, 0.29) is 42.6 Å². The highest BCUT2D eigenvalue weighted by Crippen LogP contribution is 2.32. The van der Waals surface area contributed by atoms with Crippen LogP contribution in [-0.2, 0) is 0 Å². The Morgan fingerprint density at radius 1 is 1.14 bits per heavy atom. The zero-order valence-electron chi connectivity index (χ0n) is 15.1. The summed E-state index contributed by atoms with van der Waals surface area (Å²) in [5, 5.41) is 4.06. The van der Waals surface area contributed by atoms with Gasteiger partial charge in [0.1, 0.15) is 12.7 Å². The lowest BCUT2D eigenvalue weighted by atomic mass is 9.89. The van der Waals surface area contributed by atoms with Crippen LogP contribution in [0.15, 0.2) is 61.3 Å². The molecule has 1 saturated heterocycles. The van der Waals surface area contributed by atoms with Crippen molar-refractivity contribution in [3.63, 3.8) is 0 Å². The summed E-state index contributed by atoms with van der Waals surface area (Å²) in [6, 6.07) is 13.7. The third kappa shape index (κ3) is 4.32. The maximum absolute atomic E-state index is 13.0. The number of halogens is 2. The number of amides is 1. The summed E-state index contributed by atoms with van der Waals surface area (Å²) in [5.41, 5.74) is 7.81. The Balaban J connectivity index is 0.00000140. The highest BCUT2D eigenvalue weighted by atomic mass is 35.5. The fourth-order valence-electron chi connectivity index (χ4n) is 3.54. The number of carbonyl (C=O) groups is 1. The van der Waals surface area contributed by atoms with E-state index in [1.54, 1.807) is 24.7 Å². The number of hydrogen-bond acceptors (Lipinski definition) is 5. The van der Waals surface area contributed by atoms with Crippen molar-refractivity contribution in [2.75, 3.05) is 19.6 Å². The molecule has 0 bridgehead atoms. The molecule has 2 N–H and O–H groups in total. The van der Waals surface area contributed by atoms with Crippen molar-refractivity contribution < 1.29 is 4.79 Å². The number of nitrogens with zero attached hydrogens (tertiary/aromatic N) is 5. The van der Waals surface area contributed by atoms with E-state index in [2.05, 4.69) is 27.2 Å². The van der Waals surface area contributed by atoms with Gasteiger partial charge >= 0.3 is 0 Å². The largest absolute Gasteiger partial charge is 0.338 e. The van der Waals surface area contributed by atoms with Gasteiger partial charge in [-0.15, -0.1) is 24.8 Å². The molecule has 1 fully saturated rings. The predicted octanol–water partition coefficient (Wildman–Crippen LogP) is 2.32. The highest BCUT2D eigenvalue weighted by Gasteiger charge is 2.35. The van der Waals surface area contributed by atoms with Crippen LogP contribution >= 0.6 is 24.8 Å². The van der Waals surface area contributed by atoms with E-state index in [1.165, 1.54) is 16.6 Å². The molecule has 9 heteroatoms. The van der Waals surface area contributed by atoms with Gasteiger partial charge in [0.05, 0.1) is 0 Å². The minimum atomic E-state index is -0.00866. The predicted molar refractivity (Wildman–Crippen MR) is 111 cm³/mol. The molecule has 3 aromatic rings. The number of nitrogens with two attached hydrogens (primary N) is 1. The summed E-state index contributed by atoms with van der Waals surface area (Å²) >= 11 is 0. The fourth-order valence-corrected chi connectivity index (χ4v) is 3.54. The second-order valence-electron chi connectivity index (χ2n) is 6.47. The maximum atomic E-state index is 13.0. The molecule has 7 nitrogen and oxygen atoms in total. The molecule has 0 aliphatic carbocycles. The van der Waals surface area contributed by atoms with Gasteiger partial charge in [0, 0.05) is 30.8 Å². The van der Waals surface area contributed by atoms with Gasteiger partial charge in [0.25, 0.3) is 5.91 Å². The molecule has 28 heavy (non-hydrogen) atoms. The topological polar surface area (TPSA) is 89.9 Å². The molecule has 1 amide bonds. The Labute approximate surface area is 175 Å². The van der Waals surface area contributed by atoms with Gasteiger partial charge in [-0.1, -0.05) is 30.3 Å². The number of hydrogen-bond donors (Lipinski definition) is 1. The lowest BCUT2D eigenvalue weighted by Gasteiger charge is -2.17. The van der Waals surface area contributed by atoms with E-state index in [1.807, 2.05) is 23.1 Å². The van der Waals surface area contributed by atoms with E-state index in [9.17, 15) is 4.79 Å². The molecule has 4 rings (SSSR count). The van der Waals surface area contributed by atoms with E-state index in [0.29, 0.717) is 31.0 Å². The Bertz CT molecular complexity index is 890. The third-order valence-electron chi connectivity index (χ3n) is 4.90. The van der Waals surface area contributed by atoms with Gasteiger partial charge in [-0.25, -0.2) is 14.6 Å². The van der Waals surface area contributed by atoms with Crippen LogP contribution in [0.4, 0.5) is 0 Å². The molecule has 148 valence electrons. The molecule has 0 saturated carbocycles. The van der Waals surface area contributed by atoms with Crippen molar-refractivity contribution in [1.29, 1.82) is 0 Å². The van der Waals surface area contributed by atoms with E-state index >= 15 is 0 Å². The summed E-state index contributed by atoms with van der Waals surface area (Å²) in [5.74, 6) is 1.09. The zero-order valence-corrected chi connectivity index (χ0v) is 16.7. The maximum Gasteiger partial charge on any atom is 0.254 e. The number of likely N-dealkylation sites (tertiary alicyclic amines) is 1. The van der Waals surface area contributed by atoms with Crippen LogP contribution in [0.3, 0.4) is 0 Å². The van der Waals surface area contributed by atoms with Crippen LogP contribution in [0.1, 0.15) is 21.8 Å². The Kier molecular flexibility index (Phi) is 7.51. The lowest BCUT2D eigenvalue weighted by molar-refractivity contribution is 0.0786. The minimum Gasteiger partial charge on any atom is -0.338 e. The monoisotopic (exact) mass is 420 g/mol. The van der Waals surface area contributed by atoms with Gasteiger partial charge in [0.15, 0.2) is 5.82 Å². The summed E-state index contributed by atoms with van der Waals surface area (Å²) in [6.07, 6.45) is 4.62. The average Bonchev–Trinajstić information content (AvgIpc) is 3.38. The van der Waals surface area contributed by atoms with Crippen LogP contribution in [0.5, 0.6) is 0 Å². The fraction of sp³-hybridized carbons (Fsp3) is 0.263. The smallest absolute Gasteiger partial charge is 0.254 e. The summed E-state index contributed by atoms with van der Waals surface area (Å²) in [4.78, 5) is 23.1. The molecule has 0 radical (unpaired) electrons. The van der Waals surface area contributed by atoms with Crippen molar-refractivity contribution in [3.8, 4) is 5.82 Å². The first-order valence-electron chi connectivity index (χ1n) is 8.61. The second kappa shape index (κ2) is 9.64. The number of carbonyl (C=O) groups excluding carboxylic acids is 1. The normalized spacial score (nSPS) is 18.2. The van der Waals surface area contributed by atoms with E-state index in [4.69, 9.17) is 5.73 Å². The summed E-state index contributed by atoms with van der Waals surface area (Å²) in [6.45, 7) is 1.89. The number of benzene rings is 1. The average molecular weight is 421 g/mol. The van der Waals surface area contributed by atoms with Crippen molar-refractivity contribution in [1.82, 2.24) is 24.6 Å². The third-order valence-corrected chi connectivity index (χ3v) is 4.90. The quantitative estimate of drug-likeness (QED) is 0.699. The minimum absolute atomic E-state index is 0. The molecule has 2 atom stereocenters. The first-order chi connectivity index (χ1) is 12.8. The molecule has 1 aliphatic rings. The summed E-state index contributed by atoms with van der Waals surface area (Å²) < 4.78 is 1.54.